The van der Waals surface area contributed by atoms with E-state index in [-0.39, 0.29) is 23.1 Å². The lowest BCUT2D eigenvalue weighted by Gasteiger charge is -2.27. The van der Waals surface area contributed by atoms with Gasteiger partial charge in [0, 0.05) is 24.2 Å². The molecule has 1 aliphatic heterocycles. The number of hydrogen-bond acceptors (Lipinski definition) is 8. The Hall–Kier alpha value is -3.84. The van der Waals surface area contributed by atoms with E-state index in [0.717, 1.165) is 15.8 Å². The maximum Gasteiger partial charge on any atom is 0.254 e. The molecule has 3 aromatic carbocycles. The summed E-state index contributed by atoms with van der Waals surface area (Å²) in [5.74, 6) is -0.284. The zero-order valence-electron chi connectivity index (χ0n) is 20.9. The highest BCUT2D eigenvalue weighted by Gasteiger charge is 2.26. The zero-order valence-corrected chi connectivity index (χ0v) is 22.5. The number of morpholine rings is 1. The first kappa shape index (κ1) is 26.8. The quantitative estimate of drug-likeness (QED) is 0.129. The number of fused-ring (bicyclic) bond motifs is 1. The fraction of sp³-hybridized carbons (Fsp3) is 0.222. The average Bonchev–Trinajstić information content (AvgIpc) is 3.41. The molecule has 10 nitrogen and oxygen atoms in total. The molecule has 39 heavy (non-hydrogen) atoms. The molecule has 0 aliphatic carbocycles. The number of thiazole rings is 1. The van der Waals surface area contributed by atoms with Gasteiger partial charge in [-0.3, -0.25) is 4.79 Å². The first-order valence-electron chi connectivity index (χ1n) is 12.3. The number of hydrogen-bond donors (Lipinski definition) is 3. The van der Waals surface area contributed by atoms with E-state index in [4.69, 9.17) is 20.7 Å². The Labute approximate surface area is 229 Å². The Balaban J connectivity index is 1.47. The predicted molar refractivity (Wildman–Crippen MR) is 149 cm³/mol. The summed E-state index contributed by atoms with van der Waals surface area (Å²) in [6, 6.07) is 20.0. The summed E-state index contributed by atoms with van der Waals surface area (Å²) in [7, 11) is -4.05. The van der Waals surface area contributed by atoms with Crippen LogP contribution in [0.4, 0.5) is 0 Å². The van der Waals surface area contributed by atoms with Crippen molar-refractivity contribution in [2.75, 3.05) is 26.3 Å². The third-order valence-electron chi connectivity index (χ3n) is 6.37. The Morgan fingerprint density at radius 2 is 1.82 bits per heavy atom. The number of oxime groups is 1. The largest absolute Gasteiger partial charge is 0.409 e. The van der Waals surface area contributed by atoms with E-state index in [1.807, 2.05) is 30.3 Å². The standard InChI is InChI=1S/C27H27N5O5S2/c28-25(30-34)19-6-3-5-18(15-19)16-23(26-29-22-9-1-2-10-24(22)38-26)31-39(35,36)21-8-4-7-20(17-21)27(33)32-11-13-37-14-12-32/h1-10,15,17,23,31,34H,11-14,16H2,(H2,28,30). The number of amides is 1. The number of nitrogens with two attached hydrogens (primary N) is 1. The Bertz CT molecular complexity index is 1600. The van der Waals surface area contributed by atoms with E-state index in [1.165, 1.54) is 23.5 Å². The van der Waals surface area contributed by atoms with Gasteiger partial charge in [-0.15, -0.1) is 11.3 Å². The van der Waals surface area contributed by atoms with Crippen molar-refractivity contribution < 1.29 is 23.2 Å². The van der Waals surface area contributed by atoms with Crippen LogP contribution in [0.5, 0.6) is 0 Å². The molecule has 1 atom stereocenters. The number of amidine groups is 1. The molecule has 1 fully saturated rings. The van der Waals surface area contributed by atoms with Gasteiger partial charge < -0.3 is 20.6 Å². The van der Waals surface area contributed by atoms with E-state index in [9.17, 15) is 13.2 Å². The molecule has 1 aliphatic rings. The minimum atomic E-state index is -4.05. The van der Waals surface area contributed by atoms with E-state index in [0.29, 0.717) is 42.4 Å². The molecule has 2 heterocycles. The van der Waals surface area contributed by atoms with Crippen molar-refractivity contribution >= 4 is 43.3 Å². The van der Waals surface area contributed by atoms with Crippen molar-refractivity contribution in [3.05, 3.63) is 94.5 Å². The number of nitrogens with zero attached hydrogens (tertiary/aromatic N) is 3. The van der Waals surface area contributed by atoms with Gasteiger partial charge in [-0.1, -0.05) is 41.6 Å². The normalized spacial score (nSPS) is 15.4. The smallest absolute Gasteiger partial charge is 0.254 e. The second-order valence-electron chi connectivity index (χ2n) is 9.02. The molecule has 12 heteroatoms. The predicted octanol–water partition coefficient (Wildman–Crippen LogP) is 3.13. The monoisotopic (exact) mass is 565 g/mol. The maximum atomic E-state index is 13.6. The molecule has 5 rings (SSSR count). The Morgan fingerprint density at radius 1 is 1.08 bits per heavy atom. The van der Waals surface area contributed by atoms with Crippen LogP contribution < -0.4 is 10.5 Å². The first-order valence-corrected chi connectivity index (χ1v) is 14.6. The topological polar surface area (TPSA) is 147 Å². The average molecular weight is 566 g/mol. The van der Waals surface area contributed by atoms with Gasteiger partial charge in [0.15, 0.2) is 5.84 Å². The molecular weight excluding hydrogens is 538 g/mol. The highest BCUT2D eigenvalue weighted by atomic mass is 32.2. The van der Waals surface area contributed by atoms with Crippen molar-refractivity contribution in [3.63, 3.8) is 0 Å². The van der Waals surface area contributed by atoms with Crippen molar-refractivity contribution in [3.8, 4) is 0 Å². The molecule has 1 aromatic heterocycles. The van der Waals surface area contributed by atoms with E-state index >= 15 is 0 Å². The van der Waals surface area contributed by atoms with Crippen molar-refractivity contribution in [2.45, 2.75) is 17.4 Å². The van der Waals surface area contributed by atoms with E-state index in [1.54, 1.807) is 35.2 Å². The van der Waals surface area contributed by atoms with Crippen LogP contribution in [0.15, 0.2) is 82.8 Å². The highest BCUT2D eigenvalue weighted by Crippen LogP contribution is 2.30. The molecule has 202 valence electrons. The number of carbonyl (C=O) groups excluding carboxylic acids is 1. The minimum absolute atomic E-state index is 0.0156. The van der Waals surface area contributed by atoms with Gasteiger partial charge >= 0.3 is 0 Å². The third kappa shape index (κ3) is 6.09. The number of nitrogens with one attached hydrogen (secondary N) is 1. The number of aromatic nitrogens is 1. The van der Waals surface area contributed by atoms with Crippen LogP contribution >= 0.6 is 11.3 Å². The van der Waals surface area contributed by atoms with Gasteiger partial charge in [0.05, 0.1) is 34.4 Å². The molecule has 4 N–H and O–H groups in total. The van der Waals surface area contributed by atoms with Crippen LogP contribution in [-0.4, -0.2) is 61.6 Å². The van der Waals surface area contributed by atoms with Gasteiger partial charge in [-0.2, -0.15) is 0 Å². The van der Waals surface area contributed by atoms with E-state index in [2.05, 4.69) is 9.88 Å². The lowest BCUT2D eigenvalue weighted by Crippen LogP contribution is -2.40. The Kier molecular flexibility index (Phi) is 7.89. The van der Waals surface area contributed by atoms with Crippen molar-refractivity contribution in [2.24, 2.45) is 10.9 Å². The second kappa shape index (κ2) is 11.5. The minimum Gasteiger partial charge on any atom is -0.409 e. The molecule has 1 unspecified atom stereocenters. The second-order valence-corrected chi connectivity index (χ2v) is 11.8. The lowest BCUT2D eigenvalue weighted by atomic mass is 10.0. The van der Waals surface area contributed by atoms with Crippen LogP contribution in [-0.2, 0) is 21.2 Å². The molecule has 0 bridgehead atoms. The van der Waals surface area contributed by atoms with Crippen molar-refractivity contribution in [1.29, 1.82) is 0 Å². The van der Waals surface area contributed by atoms with Gasteiger partial charge in [0.25, 0.3) is 5.91 Å². The number of rotatable bonds is 8. The lowest BCUT2D eigenvalue weighted by molar-refractivity contribution is 0.0302. The fourth-order valence-electron chi connectivity index (χ4n) is 4.37. The molecular formula is C27H27N5O5S2. The van der Waals surface area contributed by atoms with Gasteiger partial charge in [0.2, 0.25) is 10.0 Å². The summed E-state index contributed by atoms with van der Waals surface area (Å²) in [5, 5.41) is 12.7. The molecule has 1 saturated heterocycles. The summed E-state index contributed by atoms with van der Waals surface area (Å²) in [5.41, 5.74) is 8.10. The van der Waals surface area contributed by atoms with Crippen molar-refractivity contribution in [1.82, 2.24) is 14.6 Å². The van der Waals surface area contributed by atoms with Gasteiger partial charge in [-0.25, -0.2) is 18.1 Å². The Morgan fingerprint density at radius 3 is 2.59 bits per heavy atom. The maximum absolute atomic E-state index is 13.6. The SMILES string of the molecule is NC(=NO)c1cccc(CC(NS(=O)(=O)c2cccc(C(=O)N3CCOCC3)c2)c2nc3ccccc3s2)c1. The summed E-state index contributed by atoms with van der Waals surface area (Å²) in [6.45, 7) is 1.81. The third-order valence-corrected chi connectivity index (χ3v) is 8.99. The molecule has 0 spiro atoms. The fourth-order valence-corrected chi connectivity index (χ4v) is 6.71. The van der Waals surface area contributed by atoms with Crippen LogP contribution in [0.1, 0.15) is 32.5 Å². The number of ether oxygens (including phenoxy) is 1. The highest BCUT2D eigenvalue weighted by molar-refractivity contribution is 7.89. The molecule has 0 saturated carbocycles. The zero-order chi connectivity index (χ0) is 27.4. The summed E-state index contributed by atoms with van der Waals surface area (Å²) >= 11 is 1.40. The van der Waals surface area contributed by atoms with Gasteiger partial charge in [-0.05, 0) is 48.4 Å². The summed E-state index contributed by atoms with van der Waals surface area (Å²) < 4.78 is 36.3. The number of benzene rings is 3. The van der Waals surface area contributed by atoms with Crippen LogP contribution in [0.2, 0.25) is 0 Å². The molecule has 4 aromatic rings. The molecule has 0 radical (unpaired) electrons. The van der Waals surface area contributed by atoms with Gasteiger partial charge in [0.1, 0.15) is 5.01 Å². The first-order chi connectivity index (χ1) is 18.8. The summed E-state index contributed by atoms with van der Waals surface area (Å²) in [4.78, 5) is 19.3. The number of sulfonamides is 1. The number of para-hydroxylation sites is 1. The number of carbonyl (C=O) groups is 1. The van der Waals surface area contributed by atoms with E-state index < -0.39 is 16.1 Å². The molecule has 1 amide bonds. The summed E-state index contributed by atoms with van der Waals surface area (Å²) in [6.07, 6.45) is 0.262. The van der Waals surface area contributed by atoms with Crippen LogP contribution in [0.25, 0.3) is 10.2 Å². The van der Waals surface area contributed by atoms with Crippen LogP contribution in [0, 0.1) is 0 Å². The van der Waals surface area contributed by atoms with Crippen LogP contribution in [0.3, 0.4) is 0 Å².